The minimum atomic E-state index is -1.74. The van der Waals surface area contributed by atoms with Gasteiger partial charge in [0.05, 0.1) is 50.2 Å². The number of carbonyl (C=O) groups is 8. The van der Waals surface area contributed by atoms with Crippen molar-refractivity contribution in [1.29, 1.82) is 0 Å². The normalized spacial score (nSPS) is 10.8. The molecule has 2 atom stereocenters. The molecule has 22 heteroatoms. The smallest absolute Gasteiger partial charge is 0.550 e. The molecule has 0 amide bonds. The first-order valence-corrected chi connectivity index (χ1v) is 9.64. The fourth-order valence-electron chi connectivity index (χ4n) is 2.66. The first-order valence-electron chi connectivity index (χ1n) is 9.64. The summed E-state index contributed by atoms with van der Waals surface area (Å²) >= 11 is 0. The largest absolute Gasteiger partial charge is 1.00 e. The molecule has 18 nitrogen and oxygen atoms in total. The fourth-order valence-corrected chi connectivity index (χ4v) is 2.66. The summed E-state index contributed by atoms with van der Waals surface area (Å²) in [6, 6.07) is -3.23. The Balaban J connectivity index is -0.000000131. The Morgan fingerprint density at radius 3 is 0.800 bits per heavy atom. The van der Waals surface area contributed by atoms with Crippen molar-refractivity contribution in [2.24, 2.45) is 0 Å². The molecule has 0 unspecified atom stereocenters. The minimum absolute atomic E-state index is 0. The monoisotopic (exact) mass is 614 g/mol. The van der Waals surface area contributed by atoms with E-state index in [1.807, 2.05) is 0 Å². The van der Waals surface area contributed by atoms with Gasteiger partial charge in [0.2, 0.25) is 0 Å². The van der Waals surface area contributed by atoms with Crippen LogP contribution < -0.4 is 139 Å². The molecule has 0 aliphatic carbocycles. The van der Waals surface area contributed by atoms with Crippen molar-refractivity contribution >= 4 is 47.8 Å². The number of hydrogen-bond acceptors (Lipinski definition) is 14. The standard InChI is InChI=1S/2C9H13NO8.4Na/c2*11-6(12)2-1-5(9(17)18)10(3-7(13)14)4-8(15)16;;;;/h2*5H,1-4H2,(H,11,12)(H,13,14)(H,15,16)(H,17,18);;;;/q;;4*+1/p-4/t2*5-;;;;/m10..../s1. The molecule has 0 saturated heterocycles. The van der Waals surface area contributed by atoms with Crippen LogP contribution in [0.5, 0.6) is 0 Å². The molecule has 0 aromatic carbocycles. The van der Waals surface area contributed by atoms with Gasteiger partial charge in [-0.1, -0.05) is 0 Å². The molecule has 0 radical (unpaired) electrons. The van der Waals surface area contributed by atoms with Gasteiger partial charge in [-0.15, -0.1) is 0 Å². The van der Waals surface area contributed by atoms with Crippen LogP contribution >= 0.6 is 0 Å². The molecule has 0 bridgehead atoms. The van der Waals surface area contributed by atoms with E-state index >= 15 is 0 Å². The molecule has 0 aromatic heterocycles. The van der Waals surface area contributed by atoms with Gasteiger partial charge >= 0.3 is 142 Å². The van der Waals surface area contributed by atoms with Crippen LogP contribution in [0.2, 0.25) is 0 Å². The van der Waals surface area contributed by atoms with E-state index in [4.69, 9.17) is 20.4 Å². The summed E-state index contributed by atoms with van der Waals surface area (Å²) in [6.45, 7) is -3.40. The van der Waals surface area contributed by atoms with E-state index in [0.29, 0.717) is 9.80 Å². The molecule has 4 N–H and O–H groups in total. The third-order valence-corrected chi connectivity index (χ3v) is 4.02. The summed E-state index contributed by atoms with van der Waals surface area (Å²) in [4.78, 5) is 85.1. The first kappa shape index (κ1) is 52.3. The molecule has 0 aliphatic rings. The summed E-state index contributed by atoms with van der Waals surface area (Å²) in [5, 5.41) is 76.1. The van der Waals surface area contributed by atoms with Crippen molar-refractivity contribution in [3.05, 3.63) is 0 Å². The van der Waals surface area contributed by atoms with Gasteiger partial charge in [0.15, 0.2) is 0 Å². The molecular formula is C18H22N2Na4O16. The van der Waals surface area contributed by atoms with Crippen LogP contribution in [0.15, 0.2) is 0 Å². The zero-order chi connectivity index (χ0) is 28.6. The second-order valence-corrected chi connectivity index (χ2v) is 6.88. The molecule has 0 spiro atoms. The minimum Gasteiger partial charge on any atom is -0.550 e. The third-order valence-electron chi connectivity index (χ3n) is 4.02. The molecule has 0 fully saturated rings. The molecule has 0 heterocycles. The Morgan fingerprint density at radius 2 is 0.675 bits per heavy atom. The number of hydrogen-bond donors (Lipinski definition) is 4. The summed E-state index contributed by atoms with van der Waals surface area (Å²) in [5.41, 5.74) is 0. The topological polar surface area (TPSA) is 316 Å². The van der Waals surface area contributed by atoms with E-state index in [1.54, 1.807) is 0 Å². The van der Waals surface area contributed by atoms with E-state index in [9.17, 15) is 58.8 Å². The maximum absolute atomic E-state index is 10.8. The van der Waals surface area contributed by atoms with Crippen molar-refractivity contribution in [2.75, 3.05) is 26.2 Å². The predicted octanol–water partition coefficient (Wildman–Crippen LogP) is -19.8. The summed E-state index contributed by atoms with van der Waals surface area (Å²) < 4.78 is 0. The van der Waals surface area contributed by atoms with Gasteiger partial charge in [0.1, 0.15) is 0 Å². The molecule has 40 heavy (non-hydrogen) atoms. The van der Waals surface area contributed by atoms with Crippen molar-refractivity contribution in [3.63, 3.8) is 0 Å². The molecule has 0 saturated carbocycles. The Hall–Kier alpha value is -0.320. The Labute approximate surface area is 315 Å². The van der Waals surface area contributed by atoms with Gasteiger partial charge < -0.3 is 60.0 Å². The number of nitrogens with zero attached hydrogens (tertiary/aromatic N) is 2. The maximum Gasteiger partial charge on any atom is 1.00 e. The zero-order valence-corrected chi connectivity index (χ0v) is 30.4. The van der Waals surface area contributed by atoms with Gasteiger partial charge in [-0.3, -0.25) is 29.0 Å². The molecule has 0 rings (SSSR count). The SMILES string of the molecule is O=C([O-])CC[C@@H](C(=O)[O-])N(CC(=O)O)CC(=O)O.O=C([O-])CC[C@H](C(=O)[O-])N(CC(=O)O)CC(=O)O.[Na+].[Na+].[Na+].[Na+]. The Morgan fingerprint density at radius 1 is 0.475 bits per heavy atom. The Kier molecular flexibility index (Phi) is 37.7. The molecular weight excluding hydrogens is 592 g/mol. The van der Waals surface area contributed by atoms with Gasteiger partial charge in [-0.25, -0.2) is 0 Å². The zero-order valence-electron chi connectivity index (χ0n) is 22.4. The van der Waals surface area contributed by atoms with Crippen LogP contribution in [0, 0.1) is 0 Å². The quantitative estimate of drug-likeness (QED) is 0.104. The molecule has 0 aromatic rings. The van der Waals surface area contributed by atoms with E-state index < -0.39 is 112 Å². The van der Waals surface area contributed by atoms with Crippen LogP contribution in [-0.4, -0.2) is 116 Å². The predicted molar refractivity (Wildman–Crippen MR) is 99.8 cm³/mol. The van der Waals surface area contributed by atoms with Crippen molar-refractivity contribution < 1.29 is 197 Å². The number of aliphatic carboxylic acids is 8. The van der Waals surface area contributed by atoms with Crippen molar-refractivity contribution in [3.8, 4) is 0 Å². The van der Waals surface area contributed by atoms with Crippen LogP contribution in [0.4, 0.5) is 0 Å². The van der Waals surface area contributed by atoms with Gasteiger partial charge in [-0.2, -0.15) is 0 Å². The van der Waals surface area contributed by atoms with E-state index in [0.717, 1.165) is 0 Å². The second kappa shape index (κ2) is 28.8. The van der Waals surface area contributed by atoms with E-state index in [1.165, 1.54) is 0 Å². The van der Waals surface area contributed by atoms with Crippen LogP contribution in [0.3, 0.4) is 0 Å². The maximum atomic E-state index is 10.8. The average Bonchev–Trinajstić information content (AvgIpc) is 2.65. The Bertz CT molecular complexity index is 760. The van der Waals surface area contributed by atoms with Gasteiger partial charge in [-0.05, 0) is 25.7 Å². The fraction of sp³-hybridized carbons (Fsp3) is 0.556. The van der Waals surface area contributed by atoms with Gasteiger partial charge in [0.25, 0.3) is 0 Å². The van der Waals surface area contributed by atoms with E-state index in [2.05, 4.69) is 0 Å². The van der Waals surface area contributed by atoms with Crippen molar-refractivity contribution in [2.45, 2.75) is 37.8 Å². The number of carboxylic acids is 8. The van der Waals surface area contributed by atoms with Crippen molar-refractivity contribution in [1.82, 2.24) is 9.80 Å². The van der Waals surface area contributed by atoms with Crippen LogP contribution in [0.1, 0.15) is 25.7 Å². The third kappa shape index (κ3) is 29.2. The molecule has 0 aliphatic heterocycles. The average molecular weight is 614 g/mol. The van der Waals surface area contributed by atoms with Gasteiger partial charge in [0, 0.05) is 11.9 Å². The first-order chi connectivity index (χ1) is 16.5. The summed E-state index contributed by atoms with van der Waals surface area (Å²) in [6.07, 6.45) is -2.28. The number of rotatable bonds is 18. The summed E-state index contributed by atoms with van der Waals surface area (Å²) in [5.74, 6) is -12.3. The summed E-state index contributed by atoms with van der Waals surface area (Å²) in [7, 11) is 0. The number of carbonyl (C=O) groups excluding carboxylic acids is 4. The molecule has 204 valence electrons. The second-order valence-electron chi connectivity index (χ2n) is 6.88. The van der Waals surface area contributed by atoms with Crippen LogP contribution in [0.25, 0.3) is 0 Å². The number of carboxylic acid groups (broad SMARTS) is 8. The van der Waals surface area contributed by atoms with E-state index in [-0.39, 0.29) is 118 Å². The van der Waals surface area contributed by atoms with Crippen LogP contribution in [-0.2, 0) is 38.4 Å².